The number of nitrogens with zero attached hydrogens (tertiary/aromatic N) is 2. The molecule has 14 heavy (non-hydrogen) atoms. The Kier molecular flexibility index (Phi) is 3.03. The zero-order valence-electron chi connectivity index (χ0n) is 8.73. The van der Waals surface area contributed by atoms with Crippen molar-refractivity contribution in [3.8, 4) is 0 Å². The highest BCUT2D eigenvalue weighted by atomic mass is 32.1. The lowest BCUT2D eigenvalue weighted by atomic mass is 10.1. The van der Waals surface area contributed by atoms with E-state index in [0.29, 0.717) is 12.1 Å². The fourth-order valence-electron chi connectivity index (χ4n) is 1.91. The molecule has 2 heterocycles. The summed E-state index contributed by atoms with van der Waals surface area (Å²) in [6.07, 6.45) is 3.07. The van der Waals surface area contributed by atoms with Crippen molar-refractivity contribution in [2.24, 2.45) is 0 Å². The molecule has 3 nitrogen and oxygen atoms in total. The monoisotopic (exact) mass is 211 g/mol. The molecule has 1 fully saturated rings. The average Bonchev–Trinajstić information content (AvgIpc) is 2.70. The summed E-state index contributed by atoms with van der Waals surface area (Å²) in [5.74, 6) is 0. The molecule has 0 saturated carbocycles. The first-order valence-electron chi connectivity index (χ1n) is 5.20. The number of nitrogens with one attached hydrogen (secondary N) is 1. The molecule has 1 aliphatic rings. The van der Waals surface area contributed by atoms with Crippen LogP contribution in [0.1, 0.15) is 20.3 Å². The molecule has 1 aliphatic heterocycles. The van der Waals surface area contributed by atoms with E-state index in [-0.39, 0.29) is 0 Å². The first kappa shape index (κ1) is 9.93. The Labute approximate surface area is 89.1 Å². The molecule has 2 unspecified atom stereocenters. The number of piperazine rings is 1. The Hall–Kier alpha value is -0.610. The predicted molar refractivity (Wildman–Crippen MR) is 61.0 cm³/mol. The zero-order valence-corrected chi connectivity index (χ0v) is 9.55. The first-order valence-corrected chi connectivity index (χ1v) is 6.08. The minimum atomic E-state index is 0.571. The molecule has 1 saturated heterocycles. The van der Waals surface area contributed by atoms with Gasteiger partial charge in [-0.1, -0.05) is 6.92 Å². The highest BCUT2D eigenvalue weighted by Crippen LogP contribution is 2.23. The van der Waals surface area contributed by atoms with Gasteiger partial charge in [-0.15, -0.1) is 11.3 Å². The van der Waals surface area contributed by atoms with Gasteiger partial charge in [0.1, 0.15) is 0 Å². The van der Waals surface area contributed by atoms with Crippen molar-refractivity contribution < 1.29 is 0 Å². The van der Waals surface area contributed by atoms with Crippen molar-refractivity contribution >= 4 is 16.5 Å². The lowest BCUT2D eigenvalue weighted by Gasteiger charge is -2.38. The zero-order chi connectivity index (χ0) is 9.97. The van der Waals surface area contributed by atoms with E-state index in [1.54, 1.807) is 11.3 Å². The van der Waals surface area contributed by atoms with Crippen molar-refractivity contribution in [3.05, 3.63) is 11.6 Å². The number of rotatable bonds is 2. The van der Waals surface area contributed by atoms with Crippen molar-refractivity contribution in [3.63, 3.8) is 0 Å². The van der Waals surface area contributed by atoms with E-state index in [2.05, 4.69) is 34.4 Å². The minimum Gasteiger partial charge on any atom is -0.342 e. The average molecular weight is 211 g/mol. The summed E-state index contributed by atoms with van der Waals surface area (Å²) in [6, 6.07) is 1.18. The smallest absolute Gasteiger partial charge is 0.185 e. The molecule has 0 radical (unpaired) electrons. The van der Waals surface area contributed by atoms with Crippen LogP contribution in [0.3, 0.4) is 0 Å². The molecule has 1 aromatic heterocycles. The third-order valence-corrected chi connectivity index (χ3v) is 3.56. The van der Waals surface area contributed by atoms with Gasteiger partial charge in [0.25, 0.3) is 0 Å². The van der Waals surface area contributed by atoms with Crippen LogP contribution in [0.2, 0.25) is 0 Å². The summed E-state index contributed by atoms with van der Waals surface area (Å²) >= 11 is 1.74. The molecule has 0 aromatic carbocycles. The standard InChI is InChI=1S/C10H17N3S/c1-3-9-6-12-8(2)7-13(9)10-11-4-5-14-10/h4-5,8-9,12H,3,6-7H2,1-2H3. The minimum absolute atomic E-state index is 0.571. The largest absolute Gasteiger partial charge is 0.342 e. The summed E-state index contributed by atoms with van der Waals surface area (Å²) in [7, 11) is 0. The highest BCUT2D eigenvalue weighted by Gasteiger charge is 2.25. The topological polar surface area (TPSA) is 28.2 Å². The van der Waals surface area contributed by atoms with Crippen molar-refractivity contribution in [2.75, 3.05) is 18.0 Å². The molecule has 4 heteroatoms. The third-order valence-electron chi connectivity index (χ3n) is 2.75. The number of aromatic nitrogens is 1. The molecule has 1 N–H and O–H groups in total. The van der Waals surface area contributed by atoms with Gasteiger partial charge in [0.2, 0.25) is 0 Å². The molecule has 0 spiro atoms. The summed E-state index contributed by atoms with van der Waals surface area (Å²) < 4.78 is 0. The van der Waals surface area contributed by atoms with Crippen LogP contribution in [-0.4, -0.2) is 30.2 Å². The van der Waals surface area contributed by atoms with Crippen LogP contribution >= 0.6 is 11.3 Å². The molecule has 0 aliphatic carbocycles. The first-order chi connectivity index (χ1) is 6.81. The van der Waals surface area contributed by atoms with Gasteiger partial charge in [0, 0.05) is 36.8 Å². The van der Waals surface area contributed by atoms with Crippen molar-refractivity contribution in [1.29, 1.82) is 0 Å². The second kappa shape index (κ2) is 4.28. The maximum atomic E-state index is 4.39. The van der Waals surface area contributed by atoms with Gasteiger partial charge in [-0.25, -0.2) is 4.98 Å². The third kappa shape index (κ3) is 1.91. The maximum absolute atomic E-state index is 4.39. The predicted octanol–water partition coefficient (Wildman–Crippen LogP) is 1.72. The van der Waals surface area contributed by atoms with Crippen molar-refractivity contribution in [1.82, 2.24) is 10.3 Å². The van der Waals surface area contributed by atoms with E-state index in [9.17, 15) is 0 Å². The molecule has 2 atom stereocenters. The van der Waals surface area contributed by atoms with Gasteiger partial charge in [0.15, 0.2) is 5.13 Å². The fourth-order valence-corrected chi connectivity index (χ4v) is 2.64. The lowest BCUT2D eigenvalue weighted by Crippen LogP contribution is -2.55. The molecule has 2 rings (SSSR count). The maximum Gasteiger partial charge on any atom is 0.185 e. The van der Waals surface area contributed by atoms with Crippen LogP contribution in [-0.2, 0) is 0 Å². The lowest BCUT2D eigenvalue weighted by molar-refractivity contribution is 0.402. The van der Waals surface area contributed by atoms with Crippen LogP contribution < -0.4 is 10.2 Å². The van der Waals surface area contributed by atoms with Gasteiger partial charge >= 0.3 is 0 Å². The van der Waals surface area contributed by atoms with Crippen molar-refractivity contribution in [2.45, 2.75) is 32.4 Å². The second-order valence-corrected chi connectivity index (χ2v) is 4.71. The quantitative estimate of drug-likeness (QED) is 0.807. The number of hydrogen-bond acceptors (Lipinski definition) is 4. The van der Waals surface area contributed by atoms with Gasteiger partial charge in [0.05, 0.1) is 0 Å². The summed E-state index contributed by atoms with van der Waals surface area (Å²) in [6.45, 7) is 6.62. The summed E-state index contributed by atoms with van der Waals surface area (Å²) in [5.41, 5.74) is 0. The van der Waals surface area contributed by atoms with Gasteiger partial charge in [-0.3, -0.25) is 0 Å². The van der Waals surface area contributed by atoms with Crippen LogP contribution in [0.25, 0.3) is 0 Å². The summed E-state index contributed by atoms with van der Waals surface area (Å²) in [5, 5.41) is 6.73. The van der Waals surface area contributed by atoms with E-state index in [0.717, 1.165) is 13.1 Å². The van der Waals surface area contributed by atoms with Gasteiger partial charge < -0.3 is 10.2 Å². The number of anilines is 1. The normalized spacial score (nSPS) is 28.0. The van der Waals surface area contributed by atoms with Gasteiger partial charge in [-0.2, -0.15) is 0 Å². The number of thiazole rings is 1. The van der Waals surface area contributed by atoms with E-state index in [1.807, 2.05) is 6.20 Å². The Morgan fingerprint density at radius 1 is 1.71 bits per heavy atom. The summed E-state index contributed by atoms with van der Waals surface area (Å²) in [4.78, 5) is 6.83. The van der Waals surface area contributed by atoms with E-state index < -0.39 is 0 Å². The Balaban J connectivity index is 2.13. The van der Waals surface area contributed by atoms with Crippen LogP contribution in [0.15, 0.2) is 11.6 Å². The Morgan fingerprint density at radius 3 is 3.21 bits per heavy atom. The molecule has 0 bridgehead atoms. The van der Waals surface area contributed by atoms with Crippen LogP contribution in [0.4, 0.5) is 5.13 Å². The Morgan fingerprint density at radius 2 is 2.57 bits per heavy atom. The highest BCUT2D eigenvalue weighted by molar-refractivity contribution is 7.13. The molecular formula is C10H17N3S. The molecule has 78 valence electrons. The van der Waals surface area contributed by atoms with Crippen LogP contribution in [0.5, 0.6) is 0 Å². The number of hydrogen-bond donors (Lipinski definition) is 1. The van der Waals surface area contributed by atoms with E-state index >= 15 is 0 Å². The Bertz CT molecular complexity index is 273. The molecular weight excluding hydrogens is 194 g/mol. The molecule has 0 amide bonds. The molecule has 1 aromatic rings. The van der Waals surface area contributed by atoms with Crippen LogP contribution in [0, 0.1) is 0 Å². The van der Waals surface area contributed by atoms with Gasteiger partial charge in [-0.05, 0) is 13.3 Å². The second-order valence-electron chi connectivity index (χ2n) is 3.84. The van der Waals surface area contributed by atoms with E-state index in [4.69, 9.17) is 0 Å². The van der Waals surface area contributed by atoms with E-state index in [1.165, 1.54) is 11.6 Å². The SMILES string of the molecule is CCC1CNC(C)CN1c1nccs1. The fraction of sp³-hybridized carbons (Fsp3) is 0.700.